The highest BCUT2D eigenvalue weighted by Gasteiger charge is 2.18. The molecule has 0 aliphatic carbocycles. The summed E-state index contributed by atoms with van der Waals surface area (Å²) in [5, 5.41) is 4.49. The second-order valence-electron chi connectivity index (χ2n) is 4.44. The van der Waals surface area contributed by atoms with Crippen LogP contribution in [0.3, 0.4) is 0 Å². The van der Waals surface area contributed by atoms with Crippen molar-refractivity contribution in [2.24, 2.45) is 0 Å². The summed E-state index contributed by atoms with van der Waals surface area (Å²) in [7, 11) is 0. The minimum absolute atomic E-state index is 0.346. The van der Waals surface area contributed by atoms with Crippen molar-refractivity contribution in [3.8, 4) is 22.5 Å². The molecule has 1 heterocycles. The summed E-state index contributed by atoms with van der Waals surface area (Å²) >= 11 is 13.0. The maximum Gasteiger partial charge on any atom is 0.177 e. The molecule has 0 saturated carbocycles. The summed E-state index contributed by atoms with van der Waals surface area (Å²) in [6.07, 6.45) is 0. The summed E-state index contributed by atoms with van der Waals surface area (Å²) in [6, 6.07) is 13.3. The van der Waals surface area contributed by atoms with Crippen molar-refractivity contribution < 1.29 is 4.52 Å². The van der Waals surface area contributed by atoms with Gasteiger partial charge in [-0.15, -0.1) is 0 Å². The van der Waals surface area contributed by atoms with Crippen LogP contribution in [0.5, 0.6) is 0 Å². The largest absolute Gasteiger partial charge is 0.380 e. The van der Waals surface area contributed by atoms with E-state index in [2.05, 4.69) is 37.0 Å². The minimum atomic E-state index is 0.346. The molecule has 0 aliphatic heterocycles. The molecule has 0 aliphatic rings. The number of benzene rings is 2. The van der Waals surface area contributed by atoms with Crippen molar-refractivity contribution in [1.82, 2.24) is 5.16 Å². The zero-order chi connectivity index (χ0) is 15.0. The third kappa shape index (κ3) is 3.00. The van der Waals surface area contributed by atoms with Crippen molar-refractivity contribution in [2.45, 2.75) is 0 Å². The Kier molecular flexibility index (Phi) is 4.06. The lowest BCUT2D eigenvalue weighted by Gasteiger charge is -2.05. The fourth-order valence-corrected chi connectivity index (χ4v) is 3.37. The minimum Gasteiger partial charge on any atom is -0.380 e. The standard InChI is InChI=1S/C15H9Br2ClN2O/c16-10-3-1-2-8(4-10)13-14(21-20-15(13)19)9-5-11(17)7-12(18)6-9/h1-7H,(H2,19,20). The summed E-state index contributed by atoms with van der Waals surface area (Å²) < 4.78 is 7.23. The highest BCUT2D eigenvalue weighted by Crippen LogP contribution is 2.39. The van der Waals surface area contributed by atoms with Crippen LogP contribution >= 0.6 is 43.5 Å². The third-order valence-electron chi connectivity index (χ3n) is 2.96. The second kappa shape index (κ2) is 5.83. The fourth-order valence-electron chi connectivity index (χ4n) is 2.11. The number of hydrogen-bond donors (Lipinski definition) is 1. The van der Waals surface area contributed by atoms with Crippen LogP contribution in [0.4, 0.5) is 5.82 Å². The summed E-state index contributed by atoms with van der Waals surface area (Å²) in [5.74, 6) is 0.938. The number of hydrogen-bond acceptors (Lipinski definition) is 3. The number of nitrogen functional groups attached to an aromatic ring is 1. The molecular formula is C15H9Br2ClN2O. The molecule has 3 nitrogen and oxygen atoms in total. The molecule has 0 fully saturated rings. The average molecular weight is 429 g/mol. The molecule has 0 spiro atoms. The first-order valence-electron chi connectivity index (χ1n) is 6.02. The molecule has 2 aromatic carbocycles. The first kappa shape index (κ1) is 14.6. The molecule has 21 heavy (non-hydrogen) atoms. The smallest absolute Gasteiger partial charge is 0.177 e. The lowest BCUT2D eigenvalue weighted by Crippen LogP contribution is -1.89. The Morgan fingerprint density at radius 1 is 1.00 bits per heavy atom. The number of rotatable bonds is 2. The van der Waals surface area contributed by atoms with Crippen molar-refractivity contribution in [1.29, 1.82) is 0 Å². The predicted octanol–water partition coefficient (Wildman–Crippen LogP) is 5.77. The molecule has 2 N–H and O–H groups in total. The zero-order valence-electron chi connectivity index (χ0n) is 10.6. The molecule has 0 bridgehead atoms. The van der Waals surface area contributed by atoms with Crippen molar-refractivity contribution in [3.63, 3.8) is 0 Å². The quantitative estimate of drug-likeness (QED) is 0.564. The van der Waals surface area contributed by atoms with Crippen LogP contribution in [0.25, 0.3) is 22.5 Å². The van der Waals surface area contributed by atoms with Gasteiger partial charge in [0.1, 0.15) is 0 Å². The fraction of sp³-hybridized carbons (Fsp3) is 0. The van der Waals surface area contributed by atoms with Gasteiger partial charge in [0.05, 0.1) is 5.56 Å². The van der Waals surface area contributed by atoms with Gasteiger partial charge in [-0.3, -0.25) is 0 Å². The van der Waals surface area contributed by atoms with Crippen molar-refractivity contribution in [2.75, 3.05) is 5.73 Å². The van der Waals surface area contributed by atoms with Gasteiger partial charge in [-0.25, -0.2) is 0 Å². The molecule has 0 atom stereocenters. The Hall–Kier alpha value is -1.30. The van der Waals surface area contributed by atoms with E-state index in [4.69, 9.17) is 21.9 Å². The van der Waals surface area contributed by atoms with Gasteiger partial charge in [0, 0.05) is 19.5 Å². The molecule has 0 unspecified atom stereocenters. The zero-order valence-corrected chi connectivity index (χ0v) is 14.5. The van der Waals surface area contributed by atoms with E-state index in [-0.39, 0.29) is 0 Å². The lowest BCUT2D eigenvalue weighted by atomic mass is 10.0. The van der Waals surface area contributed by atoms with E-state index in [0.717, 1.165) is 25.6 Å². The van der Waals surface area contributed by atoms with Gasteiger partial charge in [-0.1, -0.05) is 60.8 Å². The van der Waals surface area contributed by atoms with Crippen LogP contribution in [0.2, 0.25) is 5.02 Å². The van der Waals surface area contributed by atoms with Crippen molar-refractivity contribution in [3.05, 3.63) is 56.4 Å². The number of anilines is 1. The van der Waals surface area contributed by atoms with E-state index in [1.807, 2.05) is 42.5 Å². The maximum atomic E-state index is 6.10. The molecule has 6 heteroatoms. The van der Waals surface area contributed by atoms with Gasteiger partial charge >= 0.3 is 0 Å². The monoisotopic (exact) mass is 426 g/mol. The third-order valence-corrected chi connectivity index (χ3v) is 4.13. The topological polar surface area (TPSA) is 52.0 Å². The SMILES string of the molecule is Nc1noc(-c2cc(Cl)cc(Br)c2)c1-c1cccc(Br)c1. The predicted molar refractivity (Wildman–Crippen MR) is 92.2 cm³/mol. The molecule has 106 valence electrons. The highest BCUT2D eigenvalue weighted by atomic mass is 79.9. The Morgan fingerprint density at radius 3 is 2.48 bits per heavy atom. The van der Waals surface area contributed by atoms with Crippen molar-refractivity contribution >= 4 is 49.3 Å². The van der Waals surface area contributed by atoms with Crippen LogP contribution in [0.15, 0.2) is 55.9 Å². The Morgan fingerprint density at radius 2 is 1.76 bits per heavy atom. The number of halogens is 3. The Bertz CT molecular complexity index is 797. The molecule has 3 rings (SSSR count). The first-order valence-corrected chi connectivity index (χ1v) is 7.98. The van der Waals surface area contributed by atoms with Crippen LogP contribution in [-0.2, 0) is 0 Å². The molecule has 0 amide bonds. The van der Waals surface area contributed by atoms with E-state index in [1.165, 1.54) is 0 Å². The van der Waals surface area contributed by atoms with Gasteiger partial charge in [-0.2, -0.15) is 0 Å². The maximum absolute atomic E-state index is 6.10. The van der Waals surface area contributed by atoms with Gasteiger partial charge in [-0.05, 0) is 35.9 Å². The van der Waals surface area contributed by atoms with Gasteiger partial charge in [0.2, 0.25) is 0 Å². The first-order chi connectivity index (χ1) is 10.0. The summed E-state index contributed by atoms with van der Waals surface area (Å²) in [5.41, 5.74) is 8.47. The Balaban J connectivity index is 2.21. The van der Waals surface area contributed by atoms with Crippen LogP contribution < -0.4 is 5.73 Å². The normalized spacial score (nSPS) is 10.8. The van der Waals surface area contributed by atoms with Crippen LogP contribution in [0, 0.1) is 0 Å². The number of nitrogens with zero attached hydrogens (tertiary/aromatic N) is 1. The van der Waals surface area contributed by atoms with E-state index in [0.29, 0.717) is 16.6 Å². The van der Waals surface area contributed by atoms with Crippen LogP contribution in [0.1, 0.15) is 0 Å². The van der Waals surface area contributed by atoms with Gasteiger partial charge in [0.15, 0.2) is 11.6 Å². The second-order valence-corrected chi connectivity index (χ2v) is 6.71. The molecular weight excluding hydrogens is 419 g/mol. The number of aromatic nitrogens is 1. The van der Waals surface area contributed by atoms with E-state index in [9.17, 15) is 0 Å². The number of nitrogens with two attached hydrogens (primary N) is 1. The summed E-state index contributed by atoms with van der Waals surface area (Å²) in [4.78, 5) is 0. The molecule has 1 aromatic heterocycles. The molecule has 0 radical (unpaired) electrons. The highest BCUT2D eigenvalue weighted by molar-refractivity contribution is 9.10. The van der Waals surface area contributed by atoms with E-state index in [1.54, 1.807) is 0 Å². The average Bonchev–Trinajstić information content (AvgIpc) is 2.79. The Labute approximate surface area is 143 Å². The lowest BCUT2D eigenvalue weighted by molar-refractivity contribution is 0.436. The molecule has 3 aromatic rings. The van der Waals surface area contributed by atoms with Gasteiger partial charge in [0.25, 0.3) is 0 Å². The molecule has 0 saturated heterocycles. The van der Waals surface area contributed by atoms with Gasteiger partial charge < -0.3 is 10.3 Å². The summed E-state index contributed by atoms with van der Waals surface area (Å²) in [6.45, 7) is 0. The van der Waals surface area contributed by atoms with Crippen LogP contribution in [-0.4, -0.2) is 5.16 Å². The van der Waals surface area contributed by atoms with E-state index >= 15 is 0 Å². The van der Waals surface area contributed by atoms with E-state index < -0.39 is 0 Å².